The molecule has 0 spiro atoms. The van der Waals surface area contributed by atoms with Crippen LogP contribution in [0.1, 0.15) is 11.3 Å². The second kappa shape index (κ2) is 4.04. The summed E-state index contributed by atoms with van der Waals surface area (Å²) < 4.78 is 1.90. The normalized spacial score (nSPS) is 10.6. The summed E-state index contributed by atoms with van der Waals surface area (Å²) in [6.07, 6.45) is 3.47. The number of imidazole rings is 1. The maximum Gasteiger partial charge on any atom is 0.0995 e. The second-order valence-electron chi connectivity index (χ2n) is 3.41. The van der Waals surface area contributed by atoms with Crippen LogP contribution in [0.25, 0.3) is 5.69 Å². The lowest BCUT2D eigenvalue weighted by Gasteiger charge is -2.09. The van der Waals surface area contributed by atoms with Crippen LogP contribution in [-0.2, 0) is 6.54 Å². The third-order valence-electron chi connectivity index (χ3n) is 2.29. The van der Waals surface area contributed by atoms with Crippen molar-refractivity contribution in [1.29, 1.82) is 0 Å². The summed E-state index contributed by atoms with van der Waals surface area (Å²) in [4.78, 5) is 4.06. The van der Waals surface area contributed by atoms with Crippen LogP contribution < -0.4 is 5.73 Å². The Morgan fingerprint density at radius 3 is 2.93 bits per heavy atom. The summed E-state index contributed by atoms with van der Waals surface area (Å²) in [5.74, 6) is 0. The van der Waals surface area contributed by atoms with Crippen LogP contribution in [0.5, 0.6) is 0 Å². The van der Waals surface area contributed by atoms with Crippen LogP contribution >= 0.6 is 11.6 Å². The first kappa shape index (κ1) is 10.2. The Balaban J connectivity index is 2.54. The lowest BCUT2D eigenvalue weighted by Crippen LogP contribution is -2.04. The molecule has 0 radical (unpaired) electrons. The van der Waals surface area contributed by atoms with Crippen molar-refractivity contribution in [3.8, 4) is 5.69 Å². The Morgan fingerprint density at radius 1 is 1.47 bits per heavy atom. The van der Waals surface area contributed by atoms with E-state index in [9.17, 15) is 0 Å². The molecular weight excluding hydrogens is 210 g/mol. The minimum absolute atomic E-state index is 0.449. The number of aryl methyl sites for hydroxylation is 1. The molecule has 2 N–H and O–H groups in total. The zero-order valence-corrected chi connectivity index (χ0v) is 9.20. The van der Waals surface area contributed by atoms with E-state index in [1.54, 1.807) is 12.5 Å². The van der Waals surface area contributed by atoms with Gasteiger partial charge in [-0.25, -0.2) is 4.98 Å². The molecule has 78 valence electrons. The van der Waals surface area contributed by atoms with Crippen molar-refractivity contribution in [2.45, 2.75) is 13.5 Å². The molecule has 3 nitrogen and oxygen atoms in total. The molecule has 0 unspecified atom stereocenters. The van der Waals surface area contributed by atoms with Crippen LogP contribution in [0.3, 0.4) is 0 Å². The van der Waals surface area contributed by atoms with E-state index < -0.39 is 0 Å². The smallest absolute Gasteiger partial charge is 0.0995 e. The average Bonchev–Trinajstić information content (AvgIpc) is 2.65. The highest BCUT2D eigenvalue weighted by Crippen LogP contribution is 2.22. The summed E-state index contributed by atoms with van der Waals surface area (Å²) in [6.45, 7) is 2.46. The van der Waals surface area contributed by atoms with Crippen molar-refractivity contribution < 1.29 is 0 Å². The number of aromatic nitrogens is 2. The quantitative estimate of drug-likeness (QED) is 0.846. The standard InChI is InChI=1S/C11H12ClN3/c1-8-2-3-11(10(12)4-8)15-7-14-6-9(15)5-13/h2-4,6-7H,5,13H2,1H3. The maximum absolute atomic E-state index is 6.16. The first-order chi connectivity index (χ1) is 7.22. The molecule has 2 rings (SSSR count). The highest BCUT2D eigenvalue weighted by atomic mass is 35.5. The van der Waals surface area contributed by atoms with Gasteiger partial charge >= 0.3 is 0 Å². The summed E-state index contributed by atoms with van der Waals surface area (Å²) in [5.41, 5.74) is 8.61. The molecule has 0 saturated carbocycles. The lowest BCUT2D eigenvalue weighted by atomic mass is 10.2. The van der Waals surface area contributed by atoms with E-state index in [0.717, 1.165) is 16.9 Å². The van der Waals surface area contributed by atoms with Crippen LogP contribution in [-0.4, -0.2) is 9.55 Å². The molecule has 1 heterocycles. The second-order valence-corrected chi connectivity index (χ2v) is 3.82. The van der Waals surface area contributed by atoms with Gasteiger partial charge in [0.25, 0.3) is 0 Å². The van der Waals surface area contributed by atoms with Gasteiger partial charge in [0.15, 0.2) is 0 Å². The maximum atomic E-state index is 6.16. The largest absolute Gasteiger partial charge is 0.325 e. The van der Waals surface area contributed by atoms with Crippen LogP contribution in [0.4, 0.5) is 0 Å². The molecule has 4 heteroatoms. The fourth-order valence-corrected chi connectivity index (χ4v) is 1.82. The van der Waals surface area contributed by atoms with E-state index in [2.05, 4.69) is 4.98 Å². The van der Waals surface area contributed by atoms with E-state index in [-0.39, 0.29) is 0 Å². The van der Waals surface area contributed by atoms with Crippen LogP contribution in [0, 0.1) is 6.92 Å². The highest BCUT2D eigenvalue weighted by Gasteiger charge is 2.06. The van der Waals surface area contributed by atoms with Crippen LogP contribution in [0.15, 0.2) is 30.7 Å². The molecule has 15 heavy (non-hydrogen) atoms. The number of hydrogen-bond acceptors (Lipinski definition) is 2. The van der Waals surface area contributed by atoms with Gasteiger partial charge in [0, 0.05) is 12.7 Å². The molecule has 2 aromatic rings. The van der Waals surface area contributed by atoms with Gasteiger partial charge < -0.3 is 10.3 Å². The summed E-state index contributed by atoms with van der Waals surface area (Å²) in [5, 5.41) is 0.711. The SMILES string of the molecule is Cc1ccc(-n2cncc2CN)c(Cl)c1. The summed E-state index contributed by atoms with van der Waals surface area (Å²) >= 11 is 6.16. The van der Waals surface area contributed by atoms with E-state index in [0.29, 0.717) is 11.6 Å². The third-order valence-corrected chi connectivity index (χ3v) is 2.59. The molecular formula is C11H12ClN3. The Morgan fingerprint density at radius 2 is 2.27 bits per heavy atom. The van der Waals surface area contributed by atoms with Gasteiger partial charge in [-0.05, 0) is 24.6 Å². The Kier molecular flexibility index (Phi) is 2.75. The third kappa shape index (κ3) is 1.89. The van der Waals surface area contributed by atoms with Crippen molar-refractivity contribution in [3.63, 3.8) is 0 Å². The van der Waals surface area contributed by atoms with Gasteiger partial charge in [0.2, 0.25) is 0 Å². The van der Waals surface area contributed by atoms with Gasteiger partial charge in [-0.3, -0.25) is 0 Å². The predicted octanol–water partition coefficient (Wildman–Crippen LogP) is 2.29. The molecule has 0 amide bonds. The van der Waals surface area contributed by atoms with E-state index in [4.69, 9.17) is 17.3 Å². The van der Waals surface area contributed by atoms with Gasteiger partial charge in [-0.1, -0.05) is 17.7 Å². The fraction of sp³-hybridized carbons (Fsp3) is 0.182. The number of nitrogens with zero attached hydrogens (tertiary/aromatic N) is 2. The van der Waals surface area contributed by atoms with E-state index >= 15 is 0 Å². The summed E-state index contributed by atoms with van der Waals surface area (Å²) in [6, 6.07) is 5.91. The Bertz CT molecular complexity index is 476. The topological polar surface area (TPSA) is 43.8 Å². The van der Waals surface area contributed by atoms with Crippen molar-refractivity contribution in [2.75, 3.05) is 0 Å². The predicted molar refractivity (Wildman–Crippen MR) is 61.2 cm³/mol. The fourth-order valence-electron chi connectivity index (χ4n) is 1.50. The Labute approximate surface area is 93.5 Å². The molecule has 0 saturated heterocycles. The first-order valence-electron chi connectivity index (χ1n) is 4.70. The molecule has 0 bridgehead atoms. The van der Waals surface area contributed by atoms with Gasteiger partial charge in [0.1, 0.15) is 0 Å². The van der Waals surface area contributed by atoms with E-state index in [1.807, 2.05) is 29.7 Å². The van der Waals surface area contributed by atoms with Crippen molar-refractivity contribution in [3.05, 3.63) is 47.0 Å². The highest BCUT2D eigenvalue weighted by molar-refractivity contribution is 6.32. The van der Waals surface area contributed by atoms with Crippen LogP contribution in [0.2, 0.25) is 5.02 Å². The summed E-state index contributed by atoms with van der Waals surface area (Å²) in [7, 11) is 0. The van der Waals surface area contributed by atoms with Crippen molar-refractivity contribution in [1.82, 2.24) is 9.55 Å². The number of rotatable bonds is 2. The van der Waals surface area contributed by atoms with E-state index in [1.165, 1.54) is 0 Å². The average molecular weight is 222 g/mol. The molecule has 0 fully saturated rings. The molecule has 0 aliphatic heterocycles. The monoisotopic (exact) mass is 221 g/mol. The lowest BCUT2D eigenvalue weighted by molar-refractivity contribution is 0.910. The number of nitrogens with two attached hydrogens (primary N) is 1. The molecule has 0 atom stereocenters. The molecule has 0 aliphatic carbocycles. The van der Waals surface area contributed by atoms with Gasteiger partial charge in [0.05, 0.1) is 22.7 Å². The Hall–Kier alpha value is -1.32. The van der Waals surface area contributed by atoms with Crippen molar-refractivity contribution >= 4 is 11.6 Å². The van der Waals surface area contributed by atoms with Gasteiger partial charge in [-0.2, -0.15) is 0 Å². The molecule has 1 aromatic heterocycles. The number of halogens is 1. The van der Waals surface area contributed by atoms with Crippen molar-refractivity contribution in [2.24, 2.45) is 5.73 Å². The zero-order valence-electron chi connectivity index (χ0n) is 8.44. The minimum Gasteiger partial charge on any atom is -0.325 e. The molecule has 0 aliphatic rings. The van der Waals surface area contributed by atoms with Gasteiger partial charge in [-0.15, -0.1) is 0 Å². The number of hydrogen-bond donors (Lipinski definition) is 1. The molecule has 1 aromatic carbocycles. The minimum atomic E-state index is 0.449. The zero-order chi connectivity index (χ0) is 10.8. The number of benzene rings is 1. The first-order valence-corrected chi connectivity index (χ1v) is 5.08.